The molecule has 0 spiro atoms. The Morgan fingerprint density at radius 1 is 0.868 bits per heavy atom. The Bertz CT molecular complexity index is 1310. The van der Waals surface area contributed by atoms with Crippen LogP contribution in [0.25, 0.3) is 0 Å². The summed E-state index contributed by atoms with van der Waals surface area (Å²) in [7, 11) is 7.73. The highest BCUT2D eigenvalue weighted by atomic mass is 32.2. The number of benzene rings is 3. The number of amides is 2. The maximum Gasteiger partial charge on any atom is 0.244 e. The molecule has 0 bridgehead atoms. The molecule has 0 unspecified atom stereocenters. The van der Waals surface area contributed by atoms with E-state index in [1.807, 2.05) is 36.4 Å². The first-order valence-electron chi connectivity index (χ1n) is 11.8. The molecule has 1 N–H and O–H groups in total. The Hall–Kier alpha value is -4.05. The molecule has 1 aliphatic heterocycles. The summed E-state index contributed by atoms with van der Waals surface area (Å²) in [5.41, 5.74) is 2.07. The van der Waals surface area contributed by atoms with Crippen molar-refractivity contribution >= 4 is 35.0 Å². The molecule has 0 radical (unpaired) electrons. The molecule has 0 saturated heterocycles. The van der Waals surface area contributed by atoms with Crippen molar-refractivity contribution in [2.75, 3.05) is 52.3 Å². The maximum absolute atomic E-state index is 13.6. The number of hydrogen-bond acceptors (Lipinski definition) is 8. The van der Waals surface area contributed by atoms with E-state index in [0.29, 0.717) is 40.1 Å². The fourth-order valence-electron chi connectivity index (χ4n) is 4.28. The molecule has 1 heterocycles. The molecule has 1 atom stereocenters. The lowest BCUT2D eigenvalue weighted by Gasteiger charge is -2.22. The number of para-hydroxylation sites is 1. The monoisotopic (exact) mass is 538 g/mol. The van der Waals surface area contributed by atoms with Gasteiger partial charge in [0.2, 0.25) is 17.6 Å². The third-order valence-corrected chi connectivity index (χ3v) is 7.44. The van der Waals surface area contributed by atoms with Gasteiger partial charge >= 0.3 is 0 Å². The number of methoxy groups -OCH3 is 5. The number of anilines is 2. The average Bonchev–Trinajstić information content (AvgIpc) is 3.08. The van der Waals surface area contributed by atoms with E-state index in [1.165, 1.54) is 12.0 Å². The second kappa shape index (κ2) is 12.0. The normalized spacial score (nSPS) is 14.7. The summed E-state index contributed by atoms with van der Waals surface area (Å²) >= 11 is 1.55. The second-order valence-electron chi connectivity index (χ2n) is 8.33. The van der Waals surface area contributed by atoms with Gasteiger partial charge in [0, 0.05) is 28.3 Å². The van der Waals surface area contributed by atoms with Crippen LogP contribution in [-0.2, 0) is 9.59 Å². The zero-order valence-corrected chi connectivity index (χ0v) is 22.7. The van der Waals surface area contributed by atoms with Gasteiger partial charge in [-0.2, -0.15) is 0 Å². The highest BCUT2D eigenvalue weighted by Gasteiger charge is 2.31. The lowest BCUT2D eigenvalue weighted by atomic mass is 10.1. The largest absolute Gasteiger partial charge is 0.493 e. The van der Waals surface area contributed by atoms with Crippen LogP contribution >= 0.6 is 11.8 Å². The number of carbonyl (C=O) groups excluding carboxylic acids is 2. The van der Waals surface area contributed by atoms with Crippen molar-refractivity contribution in [1.29, 1.82) is 0 Å². The number of ether oxygens (including phenoxy) is 5. The smallest absolute Gasteiger partial charge is 0.244 e. The zero-order chi connectivity index (χ0) is 27.2. The lowest BCUT2D eigenvalue weighted by molar-refractivity contribution is -0.121. The summed E-state index contributed by atoms with van der Waals surface area (Å²) in [4.78, 5) is 29.0. The van der Waals surface area contributed by atoms with Gasteiger partial charge in [-0.25, -0.2) is 0 Å². The van der Waals surface area contributed by atoms with Crippen LogP contribution in [0.4, 0.5) is 11.4 Å². The standard InChI is InChI=1S/C28H30N2O7S/c1-33-20-11-10-18(14-21(20)34-2)29-26(31)16-30-19-8-6-7-9-24(19)38-25(15-27(30)32)17-12-22(35-3)28(37-5)23(13-17)36-4/h6-14,25H,15-16H2,1-5H3,(H,29,31)/t25-/m0/s1. The second-order valence-corrected chi connectivity index (χ2v) is 9.58. The quantitative estimate of drug-likeness (QED) is 0.410. The van der Waals surface area contributed by atoms with Crippen molar-refractivity contribution in [1.82, 2.24) is 0 Å². The van der Waals surface area contributed by atoms with E-state index in [9.17, 15) is 9.59 Å². The van der Waals surface area contributed by atoms with E-state index < -0.39 is 0 Å². The Kier molecular flexibility index (Phi) is 8.52. The molecular weight excluding hydrogens is 508 g/mol. The van der Waals surface area contributed by atoms with Gasteiger partial charge in [0.25, 0.3) is 0 Å². The number of nitrogens with one attached hydrogen (secondary N) is 1. The van der Waals surface area contributed by atoms with Crippen LogP contribution in [-0.4, -0.2) is 53.9 Å². The van der Waals surface area contributed by atoms with Gasteiger partial charge < -0.3 is 33.9 Å². The van der Waals surface area contributed by atoms with Gasteiger partial charge in [0.15, 0.2) is 23.0 Å². The highest BCUT2D eigenvalue weighted by Crippen LogP contribution is 2.49. The van der Waals surface area contributed by atoms with Gasteiger partial charge in [-0.05, 0) is 42.0 Å². The number of rotatable bonds is 9. The first-order valence-corrected chi connectivity index (χ1v) is 12.7. The molecule has 38 heavy (non-hydrogen) atoms. The molecule has 3 aromatic carbocycles. The van der Waals surface area contributed by atoms with Crippen LogP contribution in [0, 0.1) is 0 Å². The van der Waals surface area contributed by atoms with E-state index in [-0.39, 0.29) is 30.0 Å². The minimum absolute atomic E-state index is 0.146. The Morgan fingerprint density at radius 2 is 1.53 bits per heavy atom. The van der Waals surface area contributed by atoms with Crippen LogP contribution in [0.2, 0.25) is 0 Å². The summed E-state index contributed by atoms with van der Waals surface area (Å²) in [5.74, 6) is 2.04. The minimum Gasteiger partial charge on any atom is -0.493 e. The molecule has 3 aromatic rings. The number of hydrogen-bond donors (Lipinski definition) is 1. The van der Waals surface area contributed by atoms with E-state index in [4.69, 9.17) is 23.7 Å². The van der Waals surface area contributed by atoms with Gasteiger partial charge in [-0.3, -0.25) is 9.59 Å². The van der Waals surface area contributed by atoms with Crippen molar-refractivity contribution in [3.63, 3.8) is 0 Å². The van der Waals surface area contributed by atoms with Crippen LogP contribution < -0.4 is 33.9 Å². The molecule has 9 nitrogen and oxygen atoms in total. The van der Waals surface area contributed by atoms with E-state index in [0.717, 1.165) is 10.5 Å². The Morgan fingerprint density at radius 3 is 2.16 bits per heavy atom. The van der Waals surface area contributed by atoms with Crippen molar-refractivity contribution in [2.45, 2.75) is 16.6 Å². The van der Waals surface area contributed by atoms with Crippen LogP contribution in [0.5, 0.6) is 28.7 Å². The van der Waals surface area contributed by atoms with Crippen LogP contribution in [0.15, 0.2) is 59.5 Å². The van der Waals surface area contributed by atoms with E-state index >= 15 is 0 Å². The molecule has 10 heteroatoms. The third-order valence-electron chi connectivity index (χ3n) is 6.11. The predicted molar refractivity (Wildman–Crippen MR) is 146 cm³/mol. The minimum atomic E-state index is -0.336. The molecule has 0 fully saturated rings. The van der Waals surface area contributed by atoms with Crippen molar-refractivity contribution in [3.8, 4) is 28.7 Å². The fourth-order valence-corrected chi connectivity index (χ4v) is 5.54. The number of thioether (sulfide) groups is 1. The molecule has 0 saturated carbocycles. The molecule has 0 aromatic heterocycles. The Balaban J connectivity index is 1.61. The summed E-state index contributed by atoms with van der Waals surface area (Å²) in [6, 6.07) is 16.4. The first kappa shape index (κ1) is 27.0. The fraction of sp³-hybridized carbons (Fsp3) is 0.286. The van der Waals surface area contributed by atoms with Gasteiger partial charge in [-0.1, -0.05) is 12.1 Å². The van der Waals surface area contributed by atoms with E-state index in [2.05, 4.69) is 5.32 Å². The Labute approximate surface area is 226 Å². The molecular formula is C28H30N2O7S. The van der Waals surface area contributed by atoms with Crippen molar-refractivity contribution in [2.24, 2.45) is 0 Å². The van der Waals surface area contributed by atoms with Gasteiger partial charge in [0.1, 0.15) is 6.54 Å². The SMILES string of the molecule is COc1ccc(NC(=O)CN2C(=O)C[C@@H](c3cc(OC)c(OC)c(OC)c3)Sc3ccccc32)cc1OC. The predicted octanol–water partition coefficient (Wildman–Crippen LogP) is 4.94. The first-order chi connectivity index (χ1) is 18.4. The topological polar surface area (TPSA) is 95.6 Å². The highest BCUT2D eigenvalue weighted by molar-refractivity contribution is 7.99. The van der Waals surface area contributed by atoms with Gasteiger partial charge in [-0.15, -0.1) is 11.8 Å². The summed E-state index contributed by atoms with van der Waals surface area (Å²) in [6.07, 6.45) is 0.168. The number of fused-ring (bicyclic) bond motifs is 1. The molecule has 2 amide bonds. The molecule has 0 aliphatic carbocycles. The van der Waals surface area contributed by atoms with Crippen molar-refractivity contribution in [3.05, 3.63) is 60.2 Å². The van der Waals surface area contributed by atoms with Crippen LogP contribution in [0.1, 0.15) is 17.2 Å². The molecule has 1 aliphatic rings. The average molecular weight is 539 g/mol. The summed E-state index contributed by atoms with van der Waals surface area (Å²) < 4.78 is 27.1. The van der Waals surface area contributed by atoms with Gasteiger partial charge in [0.05, 0.1) is 41.2 Å². The zero-order valence-electron chi connectivity index (χ0n) is 21.9. The molecule has 4 rings (SSSR count). The molecule has 200 valence electrons. The maximum atomic E-state index is 13.6. The van der Waals surface area contributed by atoms with Crippen LogP contribution in [0.3, 0.4) is 0 Å². The van der Waals surface area contributed by atoms with Crippen molar-refractivity contribution < 1.29 is 33.3 Å². The third kappa shape index (κ3) is 5.60. The summed E-state index contributed by atoms with van der Waals surface area (Å²) in [5, 5.41) is 2.61. The van der Waals surface area contributed by atoms with E-state index in [1.54, 1.807) is 58.4 Å². The number of carbonyl (C=O) groups is 2. The number of nitrogens with zero attached hydrogens (tertiary/aromatic N) is 1. The lowest BCUT2D eigenvalue weighted by Crippen LogP contribution is -2.38. The summed E-state index contributed by atoms with van der Waals surface area (Å²) in [6.45, 7) is -0.146.